The van der Waals surface area contributed by atoms with E-state index in [2.05, 4.69) is 15.0 Å². The van der Waals surface area contributed by atoms with Gasteiger partial charge in [-0.15, -0.1) is 0 Å². The highest BCUT2D eigenvalue weighted by Crippen LogP contribution is 2.00. The van der Waals surface area contributed by atoms with Crippen LogP contribution in [0.15, 0.2) is 10.6 Å². The molecule has 6 nitrogen and oxygen atoms in total. The summed E-state index contributed by atoms with van der Waals surface area (Å²) in [7, 11) is 0. The largest absolute Gasteiger partial charge is 0.447 e. The van der Waals surface area contributed by atoms with Crippen molar-refractivity contribution in [3.05, 3.63) is 17.8 Å². The van der Waals surface area contributed by atoms with Crippen molar-refractivity contribution < 1.29 is 19.1 Å². The van der Waals surface area contributed by atoms with Crippen molar-refractivity contribution in [1.82, 2.24) is 10.3 Å². The predicted molar refractivity (Wildman–Crippen MR) is 46.5 cm³/mol. The minimum atomic E-state index is -0.602. The second-order valence-corrected chi connectivity index (χ2v) is 2.58. The number of aryl methyl sites for hydroxylation is 1. The highest BCUT2D eigenvalue weighted by atomic mass is 16.6. The fraction of sp³-hybridized carbons (Fsp3) is 0.500. The fourth-order valence-electron chi connectivity index (χ4n) is 0.820. The maximum absolute atomic E-state index is 10.9. The molecule has 0 fully saturated rings. The van der Waals surface area contributed by atoms with Gasteiger partial charge in [0.05, 0.1) is 19.3 Å². The Bertz CT molecular complexity index is 297. The lowest BCUT2D eigenvalue weighted by Crippen LogP contribution is -2.24. The minimum Gasteiger partial charge on any atom is -0.447 e. The number of hydrogen-bond donors (Lipinski definition) is 2. The smallest absolute Gasteiger partial charge is 0.407 e. The zero-order valence-electron chi connectivity index (χ0n) is 7.82. The summed E-state index contributed by atoms with van der Waals surface area (Å²) < 4.78 is 9.66. The van der Waals surface area contributed by atoms with Crippen LogP contribution in [0.5, 0.6) is 0 Å². The van der Waals surface area contributed by atoms with Crippen LogP contribution < -0.4 is 5.32 Å². The molecule has 78 valence electrons. The van der Waals surface area contributed by atoms with Gasteiger partial charge in [-0.05, 0) is 6.92 Å². The van der Waals surface area contributed by atoms with Crippen molar-refractivity contribution in [2.75, 3.05) is 13.2 Å². The second-order valence-electron chi connectivity index (χ2n) is 2.58. The Labute approximate surface area is 80.9 Å². The Morgan fingerprint density at radius 1 is 1.79 bits per heavy atom. The van der Waals surface area contributed by atoms with Crippen LogP contribution in [0.25, 0.3) is 0 Å². The summed E-state index contributed by atoms with van der Waals surface area (Å²) in [6.45, 7) is 1.74. The van der Waals surface area contributed by atoms with Crippen molar-refractivity contribution >= 4 is 6.09 Å². The van der Waals surface area contributed by atoms with Crippen LogP contribution in [-0.4, -0.2) is 29.4 Å². The quantitative estimate of drug-likeness (QED) is 0.725. The molecule has 6 heteroatoms. The normalized spacial score (nSPS) is 9.86. The third-order valence-corrected chi connectivity index (χ3v) is 1.38. The molecule has 1 aromatic heterocycles. The highest BCUT2D eigenvalue weighted by Gasteiger charge is 2.04. The van der Waals surface area contributed by atoms with Crippen molar-refractivity contribution in [3.8, 4) is 0 Å². The molecule has 0 aliphatic carbocycles. The number of amides is 1. The third-order valence-electron chi connectivity index (χ3n) is 1.38. The number of aliphatic hydroxyl groups is 1. The monoisotopic (exact) mass is 200 g/mol. The summed E-state index contributed by atoms with van der Waals surface area (Å²) in [6.07, 6.45) is 0.964. The molecule has 0 saturated carbocycles. The van der Waals surface area contributed by atoms with Gasteiger partial charge >= 0.3 is 6.09 Å². The Morgan fingerprint density at radius 2 is 2.57 bits per heavy atom. The zero-order chi connectivity index (χ0) is 10.4. The predicted octanol–water partition coefficient (Wildman–Crippen LogP) is 0.202. The second kappa shape index (κ2) is 5.23. The number of nitrogens with zero attached hydrogens (tertiary/aromatic N) is 1. The first kappa shape index (κ1) is 10.5. The standard InChI is InChI=1S/C8H12N2O4/c1-6-4-9-7(14-6)5-10-8(12)13-3-2-11/h4,11H,2-3,5H2,1H3,(H,10,12). The van der Waals surface area contributed by atoms with Gasteiger partial charge in [0.15, 0.2) is 0 Å². The number of aromatic nitrogens is 1. The first-order valence-corrected chi connectivity index (χ1v) is 4.15. The van der Waals surface area contributed by atoms with Crippen LogP contribution in [0.1, 0.15) is 11.7 Å². The Balaban J connectivity index is 2.23. The maximum Gasteiger partial charge on any atom is 0.407 e. The number of ether oxygens (including phenoxy) is 1. The number of carbonyl (C=O) groups is 1. The molecule has 0 bridgehead atoms. The van der Waals surface area contributed by atoms with Crippen molar-refractivity contribution in [3.63, 3.8) is 0 Å². The van der Waals surface area contributed by atoms with Crippen molar-refractivity contribution in [1.29, 1.82) is 0 Å². The van der Waals surface area contributed by atoms with E-state index < -0.39 is 6.09 Å². The van der Waals surface area contributed by atoms with E-state index in [4.69, 9.17) is 9.52 Å². The van der Waals surface area contributed by atoms with Crippen LogP contribution in [0, 0.1) is 6.92 Å². The van der Waals surface area contributed by atoms with Gasteiger partial charge in [-0.2, -0.15) is 0 Å². The summed E-state index contributed by atoms with van der Waals surface area (Å²) in [5.41, 5.74) is 0. The van der Waals surface area contributed by atoms with Crippen LogP contribution in [0.2, 0.25) is 0 Å². The lowest BCUT2D eigenvalue weighted by Gasteiger charge is -2.02. The van der Waals surface area contributed by atoms with Gasteiger partial charge in [0.2, 0.25) is 5.89 Å². The van der Waals surface area contributed by atoms with E-state index >= 15 is 0 Å². The molecule has 1 heterocycles. The fourth-order valence-corrected chi connectivity index (χ4v) is 0.820. The average Bonchev–Trinajstić information content (AvgIpc) is 2.58. The molecule has 14 heavy (non-hydrogen) atoms. The Kier molecular flexibility index (Phi) is 3.93. The van der Waals surface area contributed by atoms with Gasteiger partial charge < -0.3 is 19.6 Å². The molecule has 0 unspecified atom stereocenters. The molecule has 0 aromatic carbocycles. The molecule has 0 radical (unpaired) electrons. The molecule has 0 aliphatic rings. The number of alkyl carbamates (subject to hydrolysis) is 1. The topological polar surface area (TPSA) is 84.6 Å². The van der Waals surface area contributed by atoms with Gasteiger partial charge in [-0.25, -0.2) is 9.78 Å². The van der Waals surface area contributed by atoms with E-state index in [-0.39, 0.29) is 19.8 Å². The summed E-state index contributed by atoms with van der Waals surface area (Å²) >= 11 is 0. The molecule has 2 N–H and O–H groups in total. The Morgan fingerprint density at radius 3 is 3.14 bits per heavy atom. The van der Waals surface area contributed by atoms with Gasteiger partial charge in [0, 0.05) is 0 Å². The SMILES string of the molecule is Cc1cnc(CNC(=O)OCCO)o1. The van der Waals surface area contributed by atoms with Crippen LogP contribution in [0.3, 0.4) is 0 Å². The van der Waals surface area contributed by atoms with E-state index in [1.165, 1.54) is 0 Å². The molecule has 1 rings (SSSR count). The molecular formula is C8H12N2O4. The van der Waals surface area contributed by atoms with Crippen LogP contribution >= 0.6 is 0 Å². The number of carbonyl (C=O) groups excluding carboxylic acids is 1. The van der Waals surface area contributed by atoms with Gasteiger partial charge in [0.25, 0.3) is 0 Å². The molecule has 0 aliphatic heterocycles. The van der Waals surface area contributed by atoms with Crippen molar-refractivity contribution in [2.24, 2.45) is 0 Å². The van der Waals surface area contributed by atoms with Crippen molar-refractivity contribution in [2.45, 2.75) is 13.5 Å². The summed E-state index contributed by atoms with van der Waals surface area (Å²) in [5.74, 6) is 1.11. The molecule has 1 amide bonds. The highest BCUT2D eigenvalue weighted by molar-refractivity contribution is 5.66. The minimum absolute atomic E-state index is 0.0174. The third kappa shape index (κ3) is 3.44. The molecule has 0 spiro atoms. The summed E-state index contributed by atoms with van der Waals surface area (Å²) in [5, 5.41) is 10.8. The van der Waals surface area contributed by atoms with Gasteiger partial charge in [0.1, 0.15) is 12.4 Å². The molecule has 0 saturated heterocycles. The van der Waals surface area contributed by atoms with E-state index in [9.17, 15) is 4.79 Å². The van der Waals surface area contributed by atoms with E-state index in [0.717, 1.165) is 0 Å². The van der Waals surface area contributed by atoms with Gasteiger partial charge in [-0.1, -0.05) is 0 Å². The first-order chi connectivity index (χ1) is 6.72. The molecule has 0 atom stereocenters. The number of aliphatic hydroxyl groups excluding tert-OH is 1. The maximum atomic E-state index is 10.9. The number of oxazole rings is 1. The molecule has 1 aromatic rings. The number of nitrogens with one attached hydrogen (secondary N) is 1. The Hall–Kier alpha value is -1.56. The lowest BCUT2D eigenvalue weighted by molar-refractivity contribution is 0.118. The number of rotatable bonds is 4. The molecular weight excluding hydrogens is 188 g/mol. The van der Waals surface area contributed by atoms with Gasteiger partial charge in [-0.3, -0.25) is 0 Å². The number of hydrogen-bond acceptors (Lipinski definition) is 5. The van der Waals surface area contributed by atoms with E-state index in [1.807, 2.05) is 0 Å². The zero-order valence-corrected chi connectivity index (χ0v) is 7.82. The van der Waals surface area contributed by atoms with E-state index in [0.29, 0.717) is 11.7 Å². The van der Waals surface area contributed by atoms with Crippen LogP contribution in [0.4, 0.5) is 4.79 Å². The summed E-state index contributed by atoms with van der Waals surface area (Å²) in [4.78, 5) is 14.7. The average molecular weight is 200 g/mol. The van der Waals surface area contributed by atoms with E-state index in [1.54, 1.807) is 13.1 Å². The summed E-state index contributed by atoms with van der Waals surface area (Å²) in [6, 6.07) is 0. The lowest BCUT2D eigenvalue weighted by atomic mass is 10.6. The van der Waals surface area contributed by atoms with Crippen LogP contribution in [-0.2, 0) is 11.3 Å². The first-order valence-electron chi connectivity index (χ1n) is 4.15.